The molecule has 2 rings (SSSR count). The third-order valence-electron chi connectivity index (χ3n) is 5.39. The monoisotopic (exact) mass is 266 g/mol. The number of hydrogen-bond donors (Lipinski definition) is 1. The Kier molecular flexibility index (Phi) is 6.15. The van der Waals surface area contributed by atoms with Crippen molar-refractivity contribution in [1.82, 2.24) is 10.2 Å². The molecule has 0 radical (unpaired) electrons. The lowest BCUT2D eigenvalue weighted by Gasteiger charge is -2.34. The van der Waals surface area contributed by atoms with Gasteiger partial charge in [-0.3, -0.25) is 4.90 Å². The molecule has 1 N–H and O–H groups in total. The van der Waals surface area contributed by atoms with Gasteiger partial charge in [0, 0.05) is 18.6 Å². The Morgan fingerprint density at radius 2 is 1.58 bits per heavy atom. The molecule has 1 saturated carbocycles. The number of likely N-dealkylation sites (tertiary alicyclic amines) is 1. The zero-order valence-electron chi connectivity index (χ0n) is 13.3. The number of rotatable bonds is 6. The molecular weight excluding hydrogens is 232 g/mol. The van der Waals surface area contributed by atoms with Gasteiger partial charge in [0.15, 0.2) is 0 Å². The van der Waals surface area contributed by atoms with Gasteiger partial charge >= 0.3 is 0 Å². The molecule has 112 valence electrons. The summed E-state index contributed by atoms with van der Waals surface area (Å²) < 4.78 is 0. The molecule has 2 heteroatoms. The van der Waals surface area contributed by atoms with Gasteiger partial charge in [-0.05, 0) is 57.5 Å². The zero-order chi connectivity index (χ0) is 13.7. The molecule has 2 atom stereocenters. The molecule has 0 aromatic heterocycles. The Morgan fingerprint density at radius 1 is 0.947 bits per heavy atom. The molecule has 0 bridgehead atoms. The van der Waals surface area contributed by atoms with E-state index in [1.54, 1.807) is 0 Å². The van der Waals surface area contributed by atoms with Gasteiger partial charge in [-0.15, -0.1) is 0 Å². The Labute approximate surface area is 120 Å². The van der Waals surface area contributed by atoms with Gasteiger partial charge in [-0.2, -0.15) is 0 Å². The first-order valence-electron chi connectivity index (χ1n) is 8.66. The van der Waals surface area contributed by atoms with Gasteiger partial charge < -0.3 is 5.32 Å². The summed E-state index contributed by atoms with van der Waals surface area (Å²) >= 11 is 0. The van der Waals surface area contributed by atoms with E-state index < -0.39 is 0 Å². The van der Waals surface area contributed by atoms with Crippen molar-refractivity contribution in [1.29, 1.82) is 0 Å². The number of nitrogens with one attached hydrogen (secondary N) is 1. The van der Waals surface area contributed by atoms with Gasteiger partial charge in [-0.25, -0.2) is 0 Å². The molecule has 2 unspecified atom stereocenters. The molecule has 0 spiro atoms. The fourth-order valence-electron chi connectivity index (χ4n) is 3.97. The number of nitrogens with zero attached hydrogens (tertiary/aromatic N) is 1. The molecule has 1 heterocycles. The Balaban J connectivity index is 1.77. The van der Waals surface area contributed by atoms with Gasteiger partial charge in [-0.1, -0.05) is 33.1 Å². The molecular formula is C17H34N2. The minimum Gasteiger partial charge on any atom is -0.312 e. The molecule has 2 nitrogen and oxygen atoms in total. The summed E-state index contributed by atoms with van der Waals surface area (Å²) in [5.41, 5.74) is 0. The van der Waals surface area contributed by atoms with Crippen molar-refractivity contribution in [2.45, 2.75) is 77.8 Å². The van der Waals surface area contributed by atoms with Crippen LogP contribution in [0.2, 0.25) is 0 Å². The Morgan fingerprint density at radius 3 is 2.16 bits per heavy atom. The van der Waals surface area contributed by atoms with Crippen LogP contribution in [0.5, 0.6) is 0 Å². The molecule has 2 fully saturated rings. The first-order chi connectivity index (χ1) is 9.18. The topological polar surface area (TPSA) is 15.3 Å². The minimum atomic E-state index is 0.712. The first kappa shape index (κ1) is 15.3. The largest absolute Gasteiger partial charge is 0.312 e. The number of hydrogen-bond acceptors (Lipinski definition) is 2. The van der Waals surface area contributed by atoms with Crippen molar-refractivity contribution in [2.24, 2.45) is 11.8 Å². The minimum absolute atomic E-state index is 0.712. The third-order valence-corrected chi connectivity index (χ3v) is 5.39. The summed E-state index contributed by atoms with van der Waals surface area (Å²) in [5, 5.41) is 3.87. The van der Waals surface area contributed by atoms with Gasteiger partial charge in [0.1, 0.15) is 0 Å². The Bertz CT molecular complexity index is 240. The second-order valence-corrected chi connectivity index (χ2v) is 7.15. The van der Waals surface area contributed by atoms with Crippen LogP contribution < -0.4 is 5.32 Å². The maximum atomic E-state index is 3.87. The fraction of sp³-hybridized carbons (Fsp3) is 1.00. The van der Waals surface area contributed by atoms with E-state index in [2.05, 4.69) is 31.0 Å². The van der Waals surface area contributed by atoms with Crippen LogP contribution in [-0.2, 0) is 0 Å². The maximum Gasteiger partial charge on any atom is 0.0243 e. The van der Waals surface area contributed by atoms with E-state index >= 15 is 0 Å². The fourth-order valence-corrected chi connectivity index (χ4v) is 3.97. The normalized spacial score (nSPS) is 25.9. The van der Waals surface area contributed by atoms with Crippen molar-refractivity contribution >= 4 is 0 Å². The standard InChI is InChI=1S/C17H34N2/c1-14(2)17(19-11-7-8-12-19)13-18-15(3)16-9-5-4-6-10-16/h14-18H,4-13H2,1-3H3. The Hall–Kier alpha value is -0.0800. The summed E-state index contributed by atoms with van der Waals surface area (Å²) in [6.07, 6.45) is 10.1. The van der Waals surface area contributed by atoms with Crippen molar-refractivity contribution in [2.75, 3.05) is 19.6 Å². The molecule has 2 aliphatic rings. The van der Waals surface area contributed by atoms with Crippen LogP contribution in [0.15, 0.2) is 0 Å². The molecule has 1 aliphatic carbocycles. The van der Waals surface area contributed by atoms with Gasteiger partial charge in [0.05, 0.1) is 0 Å². The van der Waals surface area contributed by atoms with E-state index in [0.29, 0.717) is 6.04 Å². The highest BCUT2D eigenvalue weighted by atomic mass is 15.2. The molecule has 0 amide bonds. The lowest BCUT2D eigenvalue weighted by atomic mass is 9.84. The smallest absolute Gasteiger partial charge is 0.0243 e. The second-order valence-electron chi connectivity index (χ2n) is 7.15. The van der Waals surface area contributed by atoms with E-state index in [0.717, 1.165) is 17.9 Å². The van der Waals surface area contributed by atoms with Crippen LogP contribution in [0, 0.1) is 11.8 Å². The van der Waals surface area contributed by atoms with Crippen LogP contribution in [0.25, 0.3) is 0 Å². The van der Waals surface area contributed by atoms with Crippen LogP contribution in [0.4, 0.5) is 0 Å². The van der Waals surface area contributed by atoms with Crippen LogP contribution in [-0.4, -0.2) is 36.6 Å². The van der Waals surface area contributed by atoms with Crippen molar-refractivity contribution in [3.63, 3.8) is 0 Å². The lowest BCUT2D eigenvalue weighted by molar-refractivity contribution is 0.173. The van der Waals surface area contributed by atoms with Crippen molar-refractivity contribution in [3.8, 4) is 0 Å². The molecule has 0 aromatic carbocycles. The summed E-state index contributed by atoms with van der Waals surface area (Å²) in [7, 11) is 0. The summed E-state index contributed by atoms with van der Waals surface area (Å²) in [4.78, 5) is 2.71. The quantitative estimate of drug-likeness (QED) is 0.789. The zero-order valence-corrected chi connectivity index (χ0v) is 13.3. The lowest BCUT2D eigenvalue weighted by Crippen LogP contribution is -2.47. The van der Waals surface area contributed by atoms with Gasteiger partial charge in [0.25, 0.3) is 0 Å². The van der Waals surface area contributed by atoms with E-state index in [4.69, 9.17) is 0 Å². The van der Waals surface area contributed by atoms with Crippen LogP contribution in [0.3, 0.4) is 0 Å². The summed E-state index contributed by atoms with van der Waals surface area (Å²) in [5.74, 6) is 1.70. The highest BCUT2D eigenvalue weighted by molar-refractivity contribution is 4.83. The van der Waals surface area contributed by atoms with E-state index in [9.17, 15) is 0 Å². The SMILES string of the molecule is CC(C)C(CNC(C)C1CCCCC1)N1CCCC1. The maximum absolute atomic E-state index is 3.87. The highest BCUT2D eigenvalue weighted by Gasteiger charge is 2.26. The molecule has 0 aromatic rings. The average molecular weight is 266 g/mol. The van der Waals surface area contributed by atoms with Crippen molar-refractivity contribution in [3.05, 3.63) is 0 Å². The average Bonchev–Trinajstić information content (AvgIpc) is 2.93. The molecule has 1 saturated heterocycles. The van der Waals surface area contributed by atoms with Gasteiger partial charge in [0.2, 0.25) is 0 Å². The summed E-state index contributed by atoms with van der Waals surface area (Å²) in [6, 6.07) is 1.46. The second kappa shape index (κ2) is 7.64. The third kappa shape index (κ3) is 4.46. The van der Waals surface area contributed by atoms with Crippen molar-refractivity contribution < 1.29 is 0 Å². The summed E-state index contributed by atoms with van der Waals surface area (Å²) in [6.45, 7) is 11.0. The predicted octanol–water partition coefficient (Wildman–Crippen LogP) is 3.67. The molecule has 19 heavy (non-hydrogen) atoms. The van der Waals surface area contributed by atoms with E-state index in [-0.39, 0.29) is 0 Å². The van der Waals surface area contributed by atoms with E-state index in [1.807, 2.05) is 0 Å². The highest BCUT2D eigenvalue weighted by Crippen LogP contribution is 2.26. The first-order valence-corrected chi connectivity index (χ1v) is 8.66. The van der Waals surface area contributed by atoms with Crippen LogP contribution in [0.1, 0.15) is 65.7 Å². The van der Waals surface area contributed by atoms with E-state index in [1.165, 1.54) is 64.6 Å². The van der Waals surface area contributed by atoms with Crippen LogP contribution >= 0.6 is 0 Å². The predicted molar refractivity (Wildman–Crippen MR) is 83.5 cm³/mol. The molecule has 1 aliphatic heterocycles.